The molecule has 0 aliphatic rings. The van der Waals surface area contributed by atoms with Crippen molar-refractivity contribution >= 4 is 23.8 Å². The molecule has 0 aliphatic carbocycles. The van der Waals surface area contributed by atoms with Gasteiger partial charge < -0.3 is 25.6 Å². The molecule has 9 heteroatoms. The molecule has 0 aliphatic heterocycles. The molecule has 0 radical (unpaired) electrons. The summed E-state index contributed by atoms with van der Waals surface area (Å²) in [7, 11) is 0. The highest BCUT2D eigenvalue weighted by atomic mass is 16.5. The van der Waals surface area contributed by atoms with Crippen molar-refractivity contribution in [3.8, 4) is 0 Å². The maximum Gasteiger partial charge on any atom is 0.328 e. The van der Waals surface area contributed by atoms with Crippen molar-refractivity contribution in [3.63, 3.8) is 0 Å². The van der Waals surface area contributed by atoms with Crippen molar-refractivity contribution in [2.75, 3.05) is 13.2 Å². The molecule has 0 heterocycles. The van der Waals surface area contributed by atoms with Crippen LogP contribution in [-0.2, 0) is 23.9 Å². The predicted molar refractivity (Wildman–Crippen MR) is 245 cm³/mol. The molecule has 2 amide bonds. The van der Waals surface area contributed by atoms with Crippen LogP contribution in [0, 0.1) is 0 Å². The van der Waals surface area contributed by atoms with Crippen molar-refractivity contribution in [1.82, 2.24) is 10.6 Å². The molecule has 336 valence electrons. The Balaban J connectivity index is 4.34. The van der Waals surface area contributed by atoms with E-state index in [2.05, 4.69) is 97.4 Å². The molecular formula is C50H84N2O7. The van der Waals surface area contributed by atoms with Crippen LogP contribution in [0.25, 0.3) is 0 Å². The van der Waals surface area contributed by atoms with Crippen LogP contribution in [0.4, 0.5) is 0 Å². The third-order valence-corrected chi connectivity index (χ3v) is 9.97. The SMILES string of the molecule is CC/C=C\C/C=C\C/C=C\C/C=C\C/C=C\C/C=C\CCCCC(=O)OC(CCCCCCCCCCCC)CCCCCCCC(=O)NCC(=O)NC(CO)C(=O)O. The first-order chi connectivity index (χ1) is 28.8. The molecule has 0 saturated heterocycles. The summed E-state index contributed by atoms with van der Waals surface area (Å²) in [5.74, 6) is -2.34. The second-order valence-corrected chi connectivity index (χ2v) is 15.5. The number of aliphatic carboxylic acids is 1. The van der Waals surface area contributed by atoms with E-state index in [0.29, 0.717) is 12.8 Å². The van der Waals surface area contributed by atoms with Gasteiger partial charge >= 0.3 is 11.9 Å². The summed E-state index contributed by atoms with van der Waals surface area (Å²) in [6.07, 6.45) is 55.0. The molecule has 0 aromatic carbocycles. The number of allylic oxidation sites excluding steroid dienone is 12. The molecule has 0 fully saturated rings. The topological polar surface area (TPSA) is 142 Å². The lowest BCUT2D eigenvalue weighted by Crippen LogP contribution is -2.47. The molecule has 0 rings (SSSR count). The van der Waals surface area contributed by atoms with Crippen LogP contribution in [0.3, 0.4) is 0 Å². The van der Waals surface area contributed by atoms with E-state index < -0.39 is 24.5 Å². The van der Waals surface area contributed by atoms with Gasteiger partial charge in [-0.15, -0.1) is 0 Å². The van der Waals surface area contributed by atoms with E-state index in [-0.39, 0.29) is 30.9 Å². The summed E-state index contributed by atoms with van der Waals surface area (Å²) in [6.45, 7) is 3.36. The molecule has 0 aromatic rings. The van der Waals surface area contributed by atoms with Gasteiger partial charge in [0.2, 0.25) is 11.8 Å². The lowest BCUT2D eigenvalue weighted by molar-refractivity contribution is -0.150. The molecule has 59 heavy (non-hydrogen) atoms. The van der Waals surface area contributed by atoms with Gasteiger partial charge in [-0.05, 0) is 89.9 Å². The lowest BCUT2D eigenvalue weighted by atomic mass is 10.0. The molecule has 0 spiro atoms. The van der Waals surface area contributed by atoms with Crippen molar-refractivity contribution in [2.45, 2.75) is 206 Å². The summed E-state index contributed by atoms with van der Waals surface area (Å²) in [4.78, 5) is 47.6. The number of hydrogen-bond acceptors (Lipinski definition) is 6. The van der Waals surface area contributed by atoms with Gasteiger partial charge in [0, 0.05) is 12.8 Å². The van der Waals surface area contributed by atoms with E-state index >= 15 is 0 Å². The van der Waals surface area contributed by atoms with Crippen LogP contribution in [-0.4, -0.2) is 59.3 Å². The fourth-order valence-corrected chi connectivity index (χ4v) is 6.42. The van der Waals surface area contributed by atoms with Crippen LogP contribution in [0.1, 0.15) is 194 Å². The normalized spacial score (nSPS) is 13.1. The average molecular weight is 825 g/mol. The van der Waals surface area contributed by atoms with Gasteiger partial charge in [0.15, 0.2) is 0 Å². The first-order valence-corrected chi connectivity index (χ1v) is 23.3. The van der Waals surface area contributed by atoms with Gasteiger partial charge in [0.05, 0.1) is 13.2 Å². The Morgan fingerprint density at radius 1 is 0.525 bits per heavy atom. The van der Waals surface area contributed by atoms with Crippen molar-refractivity contribution < 1.29 is 34.1 Å². The highest BCUT2D eigenvalue weighted by Crippen LogP contribution is 2.19. The summed E-state index contributed by atoms with van der Waals surface area (Å²) >= 11 is 0. The number of esters is 1. The number of carbonyl (C=O) groups excluding carboxylic acids is 3. The number of rotatable bonds is 41. The average Bonchev–Trinajstić information content (AvgIpc) is 3.22. The Kier molecular flexibility index (Phi) is 41.1. The first kappa shape index (κ1) is 55.3. The van der Waals surface area contributed by atoms with E-state index in [1.165, 1.54) is 57.8 Å². The van der Waals surface area contributed by atoms with Gasteiger partial charge in [-0.1, -0.05) is 164 Å². The van der Waals surface area contributed by atoms with E-state index in [0.717, 1.165) is 103 Å². The largest absolute Gasteiger partial charge is 0.480 e. The Bertz CT molecular complexity index is 1220. The van der Waals surface area contributed by atoms with E-state index in [1.807, 2.05) is 0 Å². The number of amides is 2. The summed E-state index contributed by atoms with van der Waals surface area (Å²) in [6, 6.07) is -1.39. The minimum absolute atomic E-state index is 0.0385. The minimum atomic E-state index is -1.39. The lowest BCUT2D eigenvalue weighted by Gasteiger charge is -2.18. The van der Waals surface area contributed by atoms with E-state index in [4.69, 9.17) is 14.9 Å². The van der Waals surface area contributed by atoms with Gasteiger partial charge in [0.25, 0.3) is 0 Å². The van der Waals surface area contributed by atoms with Crippen LogP contribution in [0.2, 0.25) is 0 Å². The zero-order valence-corrected chi connectivity index (χ0v) is 37.2. The van der Waals surface area contributed by atoms with Gasteiger partial charge in [-0.2, -0.15) is 0 Å². The second kappa shape index (κ2) is 43.8. The maximum atomic E-state index is 12.8. The molecule has 2 unspecified atom stereocenters. The fourth-order valence-electron chi connectivity index (χ4n) is 6.42. The molecule has 0 bridgehead atoms. The molecule has 9 nitrogen and oxygen atoms in total. The minimum Gasteiger partial charge on any atom is -0.480 e. The first-order valence-electron chi connectivity index (χ1n) is 23.3. The Labute approximate surface area is 359 Å². The predicted octanol–water partition coefficient (Wildman–Crippen LogP) is 11.9. The van der Waals surface area contributed by atoms with Gasteiger partial charge in [0.1, 0.15) is 12.1 Å². The number of ether oxygens (including phenoxy) is 1. The van der Waals surface area contributed by atoms with Crippen molar-refractivity contribution in [1.29, 1.82) is 0 Å². The summed E-state index contributed by atoms with van der Waals surface area (Å²) in [5, 5.41) is 22.6. The Hall–Kier alpha value is -3.72. The van der Waals surface area contributed by atoms with Crippen LogP contribution >= 0.6 is 0 Å². The number of carboxylic acids is 1. The zero-order chi connectivity index (χ0) is 43.3. The number of nitrogens with one attached hydrogen (secondary N) is 2. The van der Waals surface area contributed by atoms with Crippen molar-refractivity contribution in [2.24, 2.45) is 0 Å². The van der Waals surface area contributed by atoms with Gasteiger partial charge in [-0.25, -0.2) is 4.79 Å². The number of carboxylic acid groups (broad SMARTS) is 1. The molecule has 2 atom stereocenters. The summed E-state index contributed by atoms with van der Waals surface area (Å²) < 4.78 is 6.01. The maximum absolute atomic E-state index is 12.8. The second-order valence-electron chi connectivity index (χ2n) is 15.5. The quantitative estimate of drug-likeness (QED) is 0.0273. The third kappa shape index (κ3) is 40.8. The fraction of sp³-hybridized carbons (Fsp3) is 0.680. The molecular weight excluding hydrogens is 741 g/mol. The number of aliphatic hydroxyl groups excluding tert-OH is 1. The van der Waals surface area contributed by atoms with E-state index in [1.54, 1.807) is 0 Å². The van der Waals surface area contributed by atoms with Crippen LogP contribution in [0.5, 0.6) is 0 Å². The van der Waals surface area contributed by atoms with Crippen molar-refractivity contribution in [3.05, 3.63) is 72.9 Å². The monoisotopic (exact) mass is 825 g/mol. The Morgan fingerprint density at radius 2 is 0.966 bits per heavy atom. The molecule has 0 saturated carbocycles. The number of aliphatic hydroxyl groups is 1. The zero-order valence-electron chi connectivity index (χ0n) is 37.2. The number of hydrogen-bond donors (Lipinski definition) is 4. The van der Waals surface area contributed by atoms with Crippen LogP contribution in [0.15, 0.2) is 72.9 Å². The standard InChI is InChI=1S/C50H84N2O7/c1-3-5-7-9-11-13-15-16-17-18-19-20-21-22-23-24-25-27-29-34-38-42-49(56)59-45(39-35-31-28-26-14-12-10-8-6-4-2)40-36-32-30-33-37-41-47(54)51-43-48(55)52-46(44-53)50(57)58/h5,7,11,13,16-17,19-20,22-23,25,27,45-46,53H,3-4,6,8-10,12,14-15,18,21,24,26,28-44H2,1-2H3,(H,51,54)(H,52,55)(H,57,58)/b7-5-,13-11-,17-16-,20-19-,23-22-,27-25-. The molecule has 0 aromatic heterocycles. The summed E-state index contributed by atoms with van der Waals surface area (Å²) in [5.41, 5.74) is 0. The smallest absolute Gasteiger partial charge is 0.328 e. The highest BCUT2D eigenvalue weighted by Gasteiger charge is 2.19. The van der Waals surface area contributed by atoms with Gasteiger partial charge in [-0.3, -0.25) is 14.4 Å². The number of carbonyl (C=O) groups is 4. The molecule has 4 N–H and O–H groups in total. The Morgan fingerprint density at radius 3 is 1.44 bits per heavy atom. The third-order valence-electron chi connectivity index (χ3n) is 9.97. The van der Waals surface area contributed by atoms with Crippen LogP contribution < -0.4 is 10.6 Å². The number of unbranched alkanes of at least 4 members (excludes halogenated alkanes) is 15. The highest BCUT2D eigenvalue weighted by molar-refractivity contribution is 5.87. The van der Waals surface area contributed by atoms with E-state index in [9.17, 15) is 19.2 Å².